The number of nitrogens with zero attached hydrogens (tertiary/aromatic N) is 4. The van der Waals surface area contributed by atoms with Crippen LogP contribution in [0.25, 0.3) is 0 Å². The van der Waals surface area contributed by atoms with Gasteiger partial charge in [-0.3, -0.25) is 0 Å². The van der Waals surface area contributed by atoms with Crippen molar-refractivity contribution < 1.29 is 0 Å². The minimum atomic E-state index is -0.0166. The van der Waals surface area contributed by atoms with Gasteiger partial charge in [0.1, 0.15) is 17.5 Å². The maximum Gasteiger partial charge on any atom is 0.134 e. The van der Waals surface area contributed by atoms with Gasteiger partial charge >= 0.3 is 0 Å². The fourth-order valence-corrected chi connectivity index (χ4v) is 1.73. The zero-order valence-electron chi connectivity index (χ0n) is 12.3. The van der Waals surface area contributed by atoms with E-state index in [2.05, 4.69) is 28.3 Å². The van der Waals surface area contributed by atoms with Crippen molar-refractivity contribution in [3.05, 3.63) is 11.9 Å². The van der Waals surface area contributed by atoms with Gasteiger partial charge in [0.05, 0.1) is 12.0 Å². The van der Waals surface area contributed by atoms with E-state index < -0.39 is 0 Å². The molecule has 1 aromatic heterocycles. The Morgan fingerprint density at radius 2 is 2.16 bits per heavy atom. The fraction of sp³-hybridized carbons (Fsp3) is 0.643. The number of nitrogens with one attached hydrogen (secondary N) is 1. The second kappa shape index (κ2) is 7.57. The van der Waals surface area contributed by atoms with Crippen molar-refractivity contribution in [3.8, 4) is 6.07 Å². The van der Waals surface area contributed by atoms with Gasteiger partial charge in [-0.1, -0.05) is 13.8 Å². The highest BCUT2D eigenvalue weighted by molar-refractivity contribution is 5.49. The lowest BCUT2D eigenvalue weighted by Crippen LogP contribution is -2.25. The van der Waals surface area contributed by atoms with Gasteiger partial charge in [0.15, 0.2) is 0 Å². The Balaban J connectivity index is 2.89. The molecule has 1 aromatic rings. The van der Waals surface area contributed by atoms with E-state index in [0.29, 0.717) is 6.54 Å². The Morgan fingerprint density at radius 3 is 2.74 bits per heavy atom. The van der Waals surface area contributed by atoms with Gasteiger partial charge in [-0.05, 0) is 13.3 Å². The van der Waals surface area contributed by atoms with Crippen molar-refractivity contribution in [1.82, 2.24) is 9.97 Å². The first kappa shape index (κ1) is 15.2. The van der Waals surface area contributed by atoms with Crippen LogP contribution in [0.15, 0.2) is 6.07 Å². The maximum absolute atomic E-state index is 8.88. The van der Waals surface area contributed by atoms with E-state index in [-0.39, 0.29) is 5.92 Å². The van der Waals surface area contributed by atoms with Crippen LogP contribution in [0.3, 0.4) is 0 Å². The predicted molar refractivity (Wildman–Crippen MR) is 78.2 cm³/mol. The van der Waals surface area contributed by atoms with E-state index in [0.717, 1.165) is 36.8 Å². The van der Waals surface area contributed by atoms with Gasteiger partial charge in [-0.25, -0.2) is 9.97 Å². The summed E-state index contributed by atoms with van der Waals surface area (Å²) in [6, 6.07) is 4.19. The molecule has 1 heterocycles. The summed E-state index contributed by atoms with van der Waals surface area (Å²) in [6.45, 7) is 7.65. The number of aromatic nitrogens is 2. The largest absolute Gasteiger partial charge is 0.370 e. The molecule has 0 bridgehead atoms. The Hall–Kier alpha value is -1.83. The van der Waals surface area contributed by atoms with Crippen LogP contribution in [0.2, 0.25) is 0 Å². The molecule has 0 saturated carbocycles. The third-order valence-electron chi connectivity index (χ3n) is 2.79. The maximum atomic E-state index is 8.88. The third-order valence-corrected chi connectivity index (χ3v) is 2.79. The second-order valence-electron chi connectivity index (χ2n) is 4.72. The molecule has 1 N–H and O–H groups in total. The first-order valence-electron chi connectivity index (χ1n) is 6.83. The standard InChI is InChI=1S/C14H23N5/c1-5-7-16-13-8-14(18-12(6-2)17-13)19(4)10-11(3)9-15/h8,11H,5-7,10H2,1-4H3,(H,16,17,18). The van der Waals surface area contributed by atoms with Crippen molar-refractivity contribution in [1.29, 1.82) is 5.26 Å². The number of nitriles is 1. The molecular formula is C14H23N5. The van der Waals surface area contributed by atoms with Crippen molar-refractivity contribution in [2.24, 2.45) is 5.92 Å². The van der Waals surface area contributed by atoms with E-state index >= 15 is 0 Å². The van der Waals surface area contributed by atoms with Crippen LogP contribution in [0.5, 0.6) is 0 Å². The van der Waals surface area contributed by atoms with Gasteiger partial charge in [0.25, 0.3) is 0 Å². The van der Waals surface area contributed by atoms with Crippen LogP contribution in [-0.2, 0) is 6.42 Å². The van der Waals surface area contributed by atoms with Crippen molar-refractivity contribution in [2.45, 2.75) is 33.6 Å². The predicted octanol–water partition coefficient (Wildman–Crippen LogP) is 2.46. The van der Waals surface area contributed by atoms with E-state index in [1.54, 1.807) is 0 Å². The zero-order chi connectivity index (χ0) is 14.3. The summed E-state index contributed by atoms with van der Waals surface area (Å²) in [5.74, 6) is 2.54. The summed E-state index contributed by atoms with van der Waals surface area (Å²) in [7, 11) is 1.96. The first-order chi connectivity index (χ1) is 9.10. The molecule has 0 aliphatic carbocycles. The average molecular weight is 261 g/mol. The Kier molecular flexibility index (Phi) is 6.07. The molecular weight excluding hydrogens is 238 g/mol. The van der Waals surface area contributed by atoms with Gasteiger partial charge < -0.3 is 10.2 Å². The third kappa shape index (κ3) is 4.74. The van der Waals surface area contributed by atoms with Gasteiger partial charge in [-0.15, -0.1) is 0 Å². The molecule has 1 atom stereocenters. The molecule has 0 radical (unpaired) electrons. The Labute approximate surface area is 115 Å². The van der Waals surface area contributed by atoms with Crippen LogP contribution in [-0.4, -0.2) is 30.1 Å². The Bertz CT molecular complexity index is 438. The van der Waals surface area contributed by atoms with Gasteiger partial charge in [0, 0.05) is 32.6 Å². The minimum absolute atomic E-state index is 0.0166. The average Bonchev–Trinajstić information content (AvgIpc) is 2.44. The summed E-state index contributed by atoms with van der Waals surface area (Å²) < 4.78 is 0. The molecule has 0 spiro atoms. The van der Waals surface area contributed by atoms with Crippen LogP contribution in [0.4, 0.5) is 11.6 Å². The topological polar surface area (TPSA) is 64.8 Å². The number of hydrogen-bond acceptors (Lipinski definition) is 5. The monoisotopic (exact) mass is 261 g/mol. The Morgan fingerprint density at radius 1 is 1.42 bits per heavy atom. The molecule has 0 saturated heterocycles. The molecule has 0 aliphatic rings. The summed E-state index contributed by atoms with van der Waals surface area (Å²) in [4.78, 5) is 11.0. The molecule has 0 aromatic carbocycles. The lowest BCUT2D eigenvalue weighted by molar-refractivity contribution is 0.706. The van der Waals surface area contributed by atoms with Crippen LogP contribution < -0.4 is 10.2 Å². The number of rotatable bonds is 7. The van der Waals surface area contributed by atoms with Gasteiger partial charge in [-0.2, -0.15) is 5.26 Å². The SMILES string of the molecule is CCCNc1cc(N(C)CC(C)C#N)nc(CC)n1. The van der Waals surface area contributed by atoms with E-state index in [4.69, 9.17) is 5.26 Å². The molecule has 5 nitrogen and oxygen atoms in total. The van der Waals surface area contributed by atoms with Crippen LogP contribution >= 0.6 is 0 Å². The van der Waals surface area contributed by atoms with E-state index in [9.17, 15) is 0 Å². The van der Waals surface area contributed by atoms with Gasteiger partial charge in [0.2, 0.25) is 0 Å². The zero-order valence-corrected chi connectivity index (χ0v) is 12.3. The molecule has 0 aliphatic heterocycles. The summed E-state index contributed by atoms with van der Waals surface area (Å²) >= 11 is 0. The molecule has 1 rings (SSSR count). The molecule has 0 fully saturated rings. The summed E-state index contributed by atoms with van der Waals surface area (Å²) in [6.07, 6.45) is 1.86. The highest BCUT2D eigenvalue weighted by Crippen LogP contribution is 2.16. The summed E-state index contributed by atoms with van der Waals surface area (Å²) in [5.41, 5.74) is 0. The van der Waals surface area contributed by atoms with E-state index in [1.165, 1.54) is 0 Å². The smallest absolute Gasteiger partial charge is 0.134 e. The fourth-order valence-electron chi connectivity index (χ4n) is 1.73. The van der Waals surface area contributed by atoms with Crippen LogP contribution in [0.1, 0.15) is 33.0 Å². The highest BCUT2D eigenvalue weighted by Gasteiger charge is 2.10. The minimum Gasteiger partial charge on any atom is -0.370 e. The normalized spacial score (nSPS) is 11.7. The van der Waals surface area contributed by atoms with E-state index in [1.807, 2.05) is 31.9 Å². The van der Waals surface area contributed by atoms with Crippen molar-refractivity contribution >= 4 is 11.6 Å². The molecule has 19 heavy (non-hydrogen) atoms. The molecule has 5 heteroatoms. The van der Waals surface area contributed by atoms with Crippen LogP contribution in [0, 0.1) is 17.2 Å². The number of aryl methyl sites for hydroxylation is 1. The quantitative estimate of drug-likeness (QED) is 0.816. The molecule has 0 amide bonds. The lowest BCUT2D eigenvalue weighted by Gasteiger charge is -2.20. The number of hydrogen-bond donors (Lipinski definition) is 1. The molecule has 1 unspecified atom stereocenters. The molecule has 104 valence electrons. The summed E-state index contributed by atoms with van der Waals surface area (Å²) in [5, 5.41) is 12.2. The first-order valence-corrected chi connectivity index (χ1v) is 6.83. The number of anilines is 2. The second-order valence-corrected chi connectivity index (χ2v) is 4.72. The van der Waals surface area contributed by atoms with Crippen molar-refractivity contribution in [2.75, 3.05) is 30.4 Å². The highest BCUT2D eigenvalue weighted by atomic mass is 15.2. The van der Waals surface area contributed by atoms with Crippen molar-refractivity contribution in [3.63, 3.8) is 0 Å². The lowest BCUT2D eigenvalue weighted by atomic mass is 10.2.